The Balaban J connectivity index is 2.16. The Hall–Kier alpha value is -0.980. The lowest BCUT2D eigenvalue weighted by molar-refractivity contribution is -0.385. The third-order valence-electron chi connectivity index (χ3n) is 3.84. The Bertz CT molecular complexity index is 479. The zero-order valence-electron chi connectivity index (χ0n) is 11.3. The SMILES string of the molecule is O=[N+]([O-])c1cccc(CN2CCCCC2CCO)c1Br. The van der Waals surface area contributed by atoms with Crippen molar-refractivity contribution in [1.82, 2.24) is 4.90 Å². The fourth-order valence-electron chi connectivity index (χ4n) is 2.79. The predicted octanol–water partition coefficient (Wildman–Crippen LogP) is 3.09. The van der Waals surface area contributed by atoms with E-state index < -0.39 is 0 Å². The third kappa shape index (κ3) is 3.56. The maximum atomic E-state index is 11.0. The first-order valence-electron chi connectivity index (χ1n) is 6.90. The molecule has 0 aromatic heterocycles. The van der Waals surface area contributed by atoms with E-state index in [1.165, 1.54) is 12.5 Å². The average Bonchev–Trinajstić information content (AvgIpc) is 2.43. The van der Waals surface area contributed by atoms with Gasteiger partial charge < -0.3 is 5.11 Å². The molecule has 6 heteroatoms. The van der Waals surface area contributed by atoms with Crippen LogP contribution in [-0.2, 0) is 6.54 Å². The topological polar surface area (TPSA) is 66.6 Å². The zero-order chi connectivity index (χ0) is 14.5. The number of hydrogen-bond donors (Lipinski definition) is 1. The molecule has 1 aliphatic rings. The number of benzene rings is 1. The molecule has 1 aromatic carbocycles. The van der Waals surface area contributed by atoms with Crippen molar-refractivity contribution in [1.29, 1.82) is 0 Å². The van der Waals surface area contributed by atoms with Gasteiger partial charge in [0.25, 0.3) is 5.69 Å². The smallest absolute Gasteiger partial charge is 0.283 e. The van der Waals surface area contributed by atoms with E-state index in [-0.39, 0.29) is 17.2 Å². The van der Waals surface area contributed by atoms with Crippen molar-refractivity contribution >= 4 is 21.6 Å². The molecular formula is C14H19BrN2O3. The molecule has 1 atom stereocenters. The molecule has 1 aliphatic heterocycles. The van der Waals surface area contributed by atoms with Crippen molar-refractivity contribution in [2.24, 2.45) is 0 Å². The number of halogens is 1. The second kappa shape index (κ2) is 7.15. The number of aliphatic hydroxyl groups excluding tert-OH is 1. The van der Waals surface area contributed by atoms with Crippen molar-refractivity contribution < 1.29 is 10.0 Å². The van der Waals surface area contributed by atoms with Crippen LogP contribution in [0.25, 0.3) is 0 Å². The van der Waals surface area contributed by atoms with E-state index >= 15 is 0 Å². The van der Waals surface area contributed by atoms with E-state index in [4.69, 9.17) is 5.11 Å². The molecule has 1 unspecified atom stereocenters. The van der Waals surface area contributed by atoms with E-state index in [9.17, 15) is 10.1 Å². The highest BCUT2D eigenvalue weighted by atomic mass is 79.9. The molecule has 0 saturated carbocycles. The molecule has 1 N–H and O–H groups in total. The van der Waals surface area contributed by atoms with Crippen LogP contribution < -0.4 is 0 Å². The Kier molecular flexibility index (Phi) is 5.51. The molecule has 1 aromatic rings. The number of rotatable bonds is 5. The molecule has 0 radical (unpaired) electrons. The van der Waals surface area contributed by atoms with Gasteiger partial charge in [-0.05, 0) is 47.3 Å². The van der Waals surface area contributed by atoms with Gasteiger partial charge in [0.15, 0.2) is 0 Å². The number of likely N-dealkylation sites (tertiary alicyclic amines) is 1. The van der Waals surface area contributed by atoms with Crippen LogP contribution in [0.1, 0.15) is 31.2 Å². The third-order valence-corrected chi connectivity index (χ3v) is 4.76. The Morgan fingerprint density at radius 2 is 2.25 bits per heavy atom. The summed E-state index contributed by atoms with van der Waals surface area (Å²) in [6.07, 6.45) is 4.20. The van der Waals surface area contributed by atoms with Crippen LogP contribution in [0.15, 0.2) is 22.7 Å². The molecule has 1 heterocycles. The summed E-state index contributed by atoms with van der Waals surface area (Å²) in [6.45, 7) is 1.87. The Morgan fingerprint density at radius 1 is 1.45 bits per heavy atom. The summed E-state index contributed by atoms with van der Waals surface area (Å²) in [5.41, 5.74) is 1.04. The summed E-state index contributed by atoms with van der Waals surface area (Å²) < 4.78 is 0.568. The van der Waals surface area contributed by atoms with Crippen LogP contribution in [0.3, 0.4) is 0 Å². The van der Waals surface area contributed by atoms with Crippen molar-refractivity contribution in [3.8, 4) is 0 Å². The summed E-state index contributed by atoms with van der Waals surface area (Å²) >= 11 is 3.35. The number of nitrogens with zero attached hydrogens (tertiary/aromatic N) is 2. The van der Waals surface area contributed by atoms with Crippen molar-refractivity contribution in [3.63, 3.8) is 0 Å². The lowest BCUT2D eigenvalue weighted by Gasteiger charge is -2.35. The average molecular weight is 343 g/mol. The lowest BCUT2D eigenvalue weighted by atomic mass is 9.99. The van der Waals surface area contributed by atoms with Crippen molar-refractivity contribution in [2.75, 3.05) is 13.2 Å². The second-order valence-corrected chi connectivity index (χ2v) is 5.93. The molecule has 110 valence electrons. The first-order chi connectivity index (χ1) is 9.63. The van der Waals surface area contributed by atoms with E-state index in [1.807, 2.05) is 6.07 Å². The van der Waals surface area contributed by atoms with Crippen LogP contribution in [0.2, 0.25) is 0 Å². The normalized spacial score (nSPS) is 20.0. The quantitative estimate of drug-likeness (QED) is 0.659. The van der Waals surface area contributed by atoms with Crippen LogP contribution in [0.4, 0.5) is 5.69 Å². The van der Waals surface area contributed by atoms with E-state index in [0.29, 0.717) is 17.1 Å². The Morgan fingerprint density at radius 3 is 2.95 bits per heavy atom. The Labute approximate surface area is 126 Å². The number of hydrogen-bond acceptors (Lipinski definition) is 4. The molecule has 5 nitrogen and oxygen atoms in total. The van der Waals surface area contributed by atoms with Gasteiger partial charge in [0, 0.05) is 25.3 Å². The summed E-state index contributed by atoms with van der Waals surface area (Å²) in [4.78, 5) is 12.9. The molecule has 20 heavy (non-hydrogen) atoms. The van der Waals surface area contributed by atoms with Gasteiger partial charge in [-0.15, -0.1) is 0 Å². The van der Waals surface area contributed by atoms with E-state index in [2.05, 4.69) is 20.8 Å². The summed E-state index contributed by atoms with van der Waals surface area (Å²) in [5.74, 6) is 0. The predicted molar refractivity (Wildman–Crippen MR) is 80.5 cm³/mol. The molecule has 0 amide bonds. The summed E-state index contributed by atoms with van der Waals surface area (Å²) in [5, 5.41) is 20.1. The second-order valence-electron chi connectivity index (χ2n) is 5.14. The highest BCUT2D eigenvalue weighted by Crippen LogP contribution is 2.31. The fourth-order valence-corrected chi connectivity index (χ4v) is 3.33. The highest BCUT2D eigenvalue weighted by Gasteiger charge is 2.24. The molecule has 0 aliphatic carbocycles. The minimum absolute atomic E-state index is 0.109. The van der Waals surface area contributed by atoms with Gasteiger partial charge in [-0.3, -0.25) is 15.0 Å². The minimum atomic E-state index is -0.366. The van der Waals surface area contributed by atoms with Gasteiger partial charge in [-0.2, -0.15) is 0 Å². The molecule has 1 saturated heterocycles. The molecule has 2 rings (SSSR count). The number of piperidine rings is 1. The maximum absolute atomic E-state index is 11.0. The van der Waals surface area contributed by atoms with Crippen molar-refractivity contribution in [3.05, 3.63) is 38.3 Å². The molecule has 0 bridgehead atoms. The standard InChI is InChI=1S/C14H19BrN2O3/c15-14-11(4-3-6-13(14)17(19)20)10-16-8-2-1-5-12(16)7-9-18/h3-4,6,12,18H,1-2,5,7-10H2. The largest absolute Gasteiger partial charge is 0.396 e. The van der Waals surface area contributed by atoms with Gasteiger partial charge in [-0.1, -0.05) is 18.6 Å². The highest BCUT2D eigenvalue weighted by molar-refractivity contribution is 9.10. The molecule has 0 spiro atoms. The van der Waals surface area contributed by atoms with Gasteiger partial charge in [0.05, 0.1) is 9.40 Å². The summed E-state index contributed by atoms with van der Waals surface area (Å²) in [6, 6.07) is 5.53. The monoisotopic (exact) mass is 342 g/mol. The van der Waals surface area contributed by atoms with E-state index in [0.717, 1.165) is 31.4 Å². The van der Waals surface area contributed by atoms with Crippen LogP contribution in [-0.4, -0.2) is 34.1 Å². The molecule has 1 fully saturated rings. The van der Waals surface area contributed by atoms with Crippen molar-refractivity contribution in [2.45, 2.75) is 38.3 Å². The maximum Gasteiger partial charge on any atom is 0.283 e. The van der Waals surface area contributed by atoms with E-state index in [1.54, 1.807) is 6.07 Å². The zero-order valence-corrected chi connectivity index (χ0v) is 12.9. The number of nitro groups is 1. The van der Waals surface area contributed by atoms with Gasteiger partial charge in [0.1, 0.15) is 0 Å². The fraction of sp³-hybridized carbons (Fsp3) is 0.571. The first-order valence-corrected chi connectivity index (χ1v) is 7.69. The number of nitro benzene ring substituents is 1. The first kappa shape index (κ1) is 15.4. The van der Waals surface area contributed by atoms with Gasteiger partial charge in [-0.25, -0.2) is 0 Å². The minimum Gasteiger partial charge on any atom is -0.396 e. The number of aliphatic hydroxyl groups is 1. The molecular weight excluding hydrogens is 324 g/mol. The lowest BCUT2D eigenvalue weighted by Crippen LogP contribution is -2.39. The van der Waals surface area contributed by atoms with Crippen LogP contribution in [0.5, 0.6) is 0 Å². The van der Waals surface area contributed by atoms with Crippen LogP contribution in [0, 0.1) is 10.1 Å². The van der Waals surface area contributed by atoms with Crippen LogP contribution >= 0.6 is 15.9 Å². The van der Waals surface area contributed by atoms with Gasteiger partial charge >= 0.3 is 0 Å². The van der Waals surface area contributed by atoms with Gasteiger partial charge in [0.2, 0.25) is 0 Å². The summed E-state index contributed by atoms with van der Waals surface area (Å²) in [7, 11) is 0.